The Hall–Kier alpha value is -2.90. The monoisotopic (exact) mass is 463 g/mol. The first kappa shape index (κ1) is 23.3. The summed E-state index contributed by atoms with van der Waals surface area (Å²) in [6, 6.07) is 18.8. The van der Waals surface area contributed by atoms with Crippen molar-refractivity contribution in [1.29, 1.82) is 0 Å². The molecule has 2 N–H and O–H groups in total. The summed E-state index contributed by atoms with van der Waals surface area (Å²) in [6.07, 6.45) is 2.83. The van der Waals surface area contributed by atoms with Gasteiger partial charge in [0, 0.05) is 50.0 Å². The highest BCUT2D eigenvalue weighted by Crippen LogP contribution is 2.40. The van der Waals surface area contributed by atoms with Gasteiger partial charge in [-0.1, -0.05) is 24.3 Å². The van der Waals surface area contributed by atoms with Crippen molar-refractivity contribution in [2.75, 3.05) is 32.1 Å². The molecule has 3 heterocycles. The first-order chi connectivity index (χ1) is 16.1. The lowest BCUT2D eigenvalue weighted by Crippen LogP contribution is -2.31. The lowest BCUT2D eigenvalue weighted by Gasteiger charge is -2.28. The van der Waals surface area contributed by atoms with Crippen LogP contribution in [0.3, 0.4) is 0 Å². The van der Waals surface area contributed by atoms with Crippen molar-refractivity contribution in [1.82, 2.24) is 19.8 Å². The maximum absolute atomic E-state index is 5.83. The van der Waals surface area contributed by atoms with Crippen LogP contribution in [0, 0.1) is 13.8 Å². The van der Waals surface area contributed by atoms with Gasteiger partial charge in [-0.25, -0.2) is 0 Å². The molecule has 1 aromatic carbocycles. The maximum Gasteiger partial charge on any atom is 0.170 e. The van der Waals surface area contributed by atoms with E-state index < -0.39 is 0 Å². The third-order valence-electron chi connectivity index (χ3n) is 6.33. The molecule has 174 valence electrons. The average Bonchev–Trinajstić information content (AvgIpc) is 3.31. The molecule has 2 atom stereocenters. The highest BCUT2D eigenvalue weighted by Gasteiger charge is 2.40. The number of aryl methyl sites for hydroxylation is 1. The van der Waals surface area contributed by atoms with Gasteiger partial charge in [-0.2, -0.15) is 0 Å². The van der Waals surface area contributed by atoms with Crippen LogP contribution < -0.4 is 10.6 Å². The Bertz CT molecular complexity index is 1050. The number of anilines is 1. The Kier molecular flexibility index (Phi) is 7.62. The normalized spacial score (nSPS) is 17.9. The van der Waals surface area contributed by atoms with Gasteiger partial charge in [0.05, 0.1) is 24.4 Å². The molecule has 4 rings (SSSR count). The van der Waals surface area contributed by atoms with Crippen molar-refractivity contribution < 1.29 is 4.74 Å². The fourth-order valence-electron chi connectivity index (χ4n) is 4.68. The van der Waals surface area contributed by atoms with Gasteiger partial charge in [0.15, 0.2) is 5.11 Å². The van der Waals surface area contributed by atoms with E-state index in [9.17, 15) is 0 Å². The molecule has 33 heavy (non-hydrogen) atoms. The summed E-state index contributed by atoms with van der Waals surface area (Å²) < 4.78 is 7.68. The maximum atomic E-state index is 5.83. The molecule has 1 aliphatic heterocycles. The van der Waals surface area contributed by atoms with Crippen LogP contribution in [0.15, 0.2) is 60.8 Å². The van der Waals surface area contributed by atoms with Crippen molar-refractivity contribution in [2.24, 2.45) is 0 Å². The third-order valence-corrected chi connectivity index (χ3v) is 6.68. The third kappa shape index (κ3) is 5.20. The van der Waals surface area contributed by atoms with Crippen molar-refractivity contribution in [3.8, 4) is 0 Å². The fourth-order valence-corrected chi connectivity index (χ4v) is 5.01. The highest BCUT2D eigenvalue weighted by molar-refractivity contribution is 7.80. The van der Waals surface area contributed by atoms with Crippen LogP contribution in [0.4, 0.5) is 5.69 Å². The molecule has 6 nitrogen and oxygen atoms in total. The fraction of sp³-hybridized carbons (Fsp3) is 0.385. The van der Waals surface area contributed by atoms with E-state index in [2.05, 4.69) is 75.3 Å². The molecule has 3 aromatic rings. The largest absolute Gasteiger partial charge is 0.385 e. The topological polar surface area (TPSA) is 54.4 Å². The van der Waals surface area contributed by atoms with Crippen molar-refractivity contribution in [3.05, 3.63) is 83.4 Å². The predicted octanol–water partition coefficient (Wildman–Crippen LogP) is 4.62. The number of hydrogen-bond acceptors (Lipinski definition) is 4. The minimum absolute atomic E-state index is 0.0113. The number of ether oxygens (including phenoxy) is 1. The summed E-state index contributed by atoms with van der Waals surface area (Å²) in [5.41, 5.74) is 5.94. The van der Waals surface area contributed by atoms with E-state index >= 15 is 0 Å². The molecule has 0 radical (unpaired) electrons. The molecule has 7 heteroatoms. The van der Waals surface area contributed by atoms with Crippen molar-refractivity contribution in [3.63, 3.8) is 0 Å². The van der Waals surface area contributed by atoms with Gasteiger partial charge >= 0.3 is 0 Å². The van der Waals surface area contributed by atoms with E-state index in [1.807, 2.05) is 24.4 Å². The van der Waals surface area contributed by atoms with E-state index in [4.69, 9.17) is 17.0 Å². The molecule has 0 unspecified atom stereocenters. The molecule has 0 aliphatic carbocycles. The predicted molar refractivity (Wildman–Crippen MR) is 137 cm³/mol. The number of aromatic nitrogens is 2. The van der Waals surface area contributed by atoms with Crippen LogP contribution >= 0.6 is 12.2 Å². The summed E-state index contributed by atoms with van der Waals surface area (Å²) in [5, 5.41) is 7.86. The lowest BCUT2D eigenvalue weighted by molar-refractivity contribution is 0.186. The SMILES string of the molecule is COCCn1c(C)cc([C@H]2[C@@H](c3ccccn3)NC(=S)N2CCCNc2ccccc2)c1C. The van der Waals surface area contributed by atoms with Crippen LogP contribution in [0.2, 0.25) is 0 Å². The Morgan fingerprint density at radius 1 is 1.09 bits per heavy atom. The Morgan fingerprint density at radius 2 is 1.88 bits per heavy atom. The van der Waals surface area contributed by atoms with Gasteiger partial charge in [-0.05, 0) is 68.4 Å². The minimum Gasteiger partial charge on any atom is -0.385 e. The first-order valence-electron chi connectivity index (χ1n) is 11.5. The molecule has 0 bridgehead atoms. The number of nitrogens with one attached hydrogen (secondary N) is 2. The molecule has 1 fully saturated rings. The number of rotatable bonds is 10. The quantitative estimate of drug-likeness (QED) is 0.338. The summed E-state index contributed by atoms with van der Waals surface area (Å²) >= 11 is 5.83. The zero-order valence-corrected chi connectivity index (χ0v) is 20.4. The molecule has 2 aromatic heterocycles. The lowest BCUT2D eigenvalue weighted by atomic mass is 9.96. The minimum atomic E-state index is 0.0113. The van der Waals surface area contributed by atoms with Gasteiger partial charge in [0.25, 0.3) is 0 Å². The van der Waals surface area contributed by atoms with E-state index in [-0.39, 0.29) is 12.1 Å². The van der Waals surface area contributed by atoms with Crippen LogP contribution in [0.5, 0.6) is 0 Å². The number of hydrogen-bond donors (Lipinski definition) is 2. The number of nitrogens with zero attached hydrogens (tertiary/aromatic N) is 3. The average molecular weight is 464 g/mol. The van der Waals surface area contributed by atoms with E-state index in [0.29, 0.717) is 6.61 Å². The van der Waals surface area contributed by atoms with Crippen LogP contribution in [0.1, 0.15) is 41.1 Å². The first-order valence-corrected chi connectivity index (χ1v) is 11.9. The van der Waals surface area contributed by atoms with Gasteiger partial charge in [0.2, 0.25) is 0 Å². The van der Waals surface area contributed by atoms with Crippen molar-refractivity contribution in [2.45, 2.75) is 38.9 Å². The van der Waals surface area contributed by atoms with E-state index in [1.54, 1.807) is 7.11 Å². The smallest absolute Gasteiger partial charge is 0.170 e. The van der Waals surface area contributed by atoms with E-state index in [0.717, 1.165) is 42.5 Å². The Morgan fingerprint density at radius 3 is 2.61 bits per heavy atom. The van der Waals surface area contributed by atoms with Gasteiger partial charge in [0.1, 0.15) is 0 Å². The summed E-state index contributed by atoms with van der Waals surface area (Å²) in [6.45, 7) is 7.64. The van der Waals surface area contributed by atoms with Crippen LogP contribution in [-0.4, -0.2) is 46.4 Å². The van der Waals surface area contributed by atoms with Crippen LogP contribution in [-0.2, 0) is 11.3 Å². The zero-order chi connectivity index (χ0) is 23.2. The van der Waals surface area contributed by atoms with E-state index in [1.165, 1.54) is 17.0 Å². The molecule has 0 saturated carbocycles. The number of methoxy groups -OCH3 is 1. The van der Waals surface area contributed by atoms with Gasteiger partial charge in [-0.15, -0.1) is 0 Å². The Labute approximate surface area is 202 Å². The molecule has 0 spiro atoms. The standard InChI is InChI=1S/C26H33N5OS/c1-19-18-22(20(2)30(19)16-17-32-3)25-24(23-12-7-8-13-28-23)29-26(33)31(25)15-9-14-27-21-10-5-4-6-11-21/h4-8,10-13,18,24-25,27H,9,14-17H2,1-3H3,(H,29,33)/t24-,25+/m1/s1. The number of para-hydroxylation sites is 1. The molecule has 1 saturated heterocycles. The molecule has 0 amide bonds. The second kappa shape index (κ2) is 10.8. The molecular weight excluding hydrogens is 430 g/mol. The number of thiocarbonyl (C=S) groups is 1. The summed E-state index contributed by atoms with van der Waals surface area (Å²) in [7, 11) is 1.75. The summed E-state index contributed by atoms with van der Waals surface area (Å²) in [5.74, 6) is 0. The molecule has 1 aliphatic rings. The van der Waals surface area contributed by atoms with Crippen LogP contribution in [0.25, 0.3) is 0 Å². The highest BCUT2D eigenvalue weighted by atomic mass is 32.1. The van der Waals surface area contributed by atoms with Gasteiger partial charge in [-0.3, -0.25) is 4.98 Å². The van der Waals surface area contributed by atoms with Gasteiger partial charge < -0.3 is 24.8 Å². The zero-order valence-electron chi connectivity index (χ0n) is 19.6. The second-order valence-electron chi connectivity index (χ2n) is 8.44. The Balaban J connectivity index is 1.57. The summed E-state index contributed by atoms with van der Waals surface area (Å²) in [4.78, 5) is 7.00. The number of benzene rings is 1. The number of pyridine rings is 1. The molecular formula is C26H33N5OS. The second-order valence-corrected chi connectivity index (χ2v) is 8.82. The van der Waals surface area contributed by atoms with Crippen molar-refractivity contribution >= 4 is 23.0 Å².